The number of anilines is 1. The summed E-state index contributed by atoms with van der Waals surface area (Å²) < 4.78 is 15.8. The molecule has 0 saturated carbocycles. The first kappa shape index (κ1) is 23.6. The van der Waals surface area contributed by atoms with Crippen LogP contribution in [0.4, 0.5) is 5.69 Å². The fourth-order valence-corrected chi connectivity index (χ4v) is 3.03. The number of hydrogen-bond acceptors (Lipinski definition) is 5. The van der Waals surface area contributed by atoms with E-state index >= 15 is 0 Å². The van der Waals surface area contributed by atoms with Gasteiger partial charge in [0.1, 0.15) is 13.2 Å². The molecule has 0 aliphatic carbocycles. The zero-order valence-corrected chi connectivity index (χ0v) is 18.3. The van der Waals surface area contributed by atoms with Crippen LogP contribution >= 0.6 is 23.2 Å². The summed E-state index contributed by atoms with van der Waals surface area (Å²) in [4.78, 5) is 23.8. The second-order valence-corrected chi connectivity index (χ2v) is 7.11. The van der Waals surface area contributed by atoms with E-state index in [1.807, 2.05) is 0 Å². The van der Waals surface area contributed by atoms with Crippen molar-refractivity contribution in [1.82, 2.24) is 0 Å². The zero-order chi connectivity index (χ0) is 22.1. The van der Waals surface area contributed by atoms with Crippen LogP contribution in [0.15, 0.2) is 49.1 Å². The summed E-state index contributed by atoms with van der Waals surface area (Å²) in [6.07, 6.45) is 2.09. The molecule has 0 heterocycles. The molecule has 1 N–H and O–H groups in total. The third-order valence-corrected chi connectivity index (χ3v) is 4.88. The average molecular weight is 452 g/mol. The molecule has 0 bridgehead atoms. The molecule has 160 valence electrons. The molecule has 30 heavy (non-hydrogen) atoms. The molecule has 2 aromatic carbocycles. The van der Waals surface area contributed by atoms with Gasteiger partial charge in [-0.25, -0.2) is 0 Å². The minimum absolute atomic E-state index is 0.105. The van der Waals surface area contributed by atoms with E-state index in [1.165, 1.54) is 14.0 Å². The molecule has 0 fully saturated rings. The van der Waals surface area contributed by atoms with Crippen LogP contribution in [0.5, 0.6) is 11.5 Å². The maximum absolute atomic E-state index is 12.9. The number of hydrogen-bond donors (Lipinski definition) is 1. The molecule has 6 nitrogen and oxygen atoms in total. The third-order valence-electron chi connectivity index (χ3n) is 4.14. The molecule has 1 unspecified atom stereocenters. The molecule has 0 aliphatic rings. The molecule has 0 spiro atoms. The fourth-order valence-electron chi connectivity index (χ4n) is 2.72. The smallest absolute Gasteiger partial charge is 0.302 e. The summed E-state index contributed by atoms with van der Waals surface area (Å²) in [5.41, 5.74) is 1.26. The number of rotatable bonds is 10. The normalized spacial score (nSPS) is 11.3. The van der Waals surface area contributed by atoms with E-state index in [2.05, 4.69) is 11.9 Å². The minimum Gasteiger partial charge on any atom is -0.493 e. The molecule has 2 rings (SSSR count). The van der Waals surface area contributed by atoms with Gasteiger partial charge in [-0.2, -0.15) is 0 Å². The van der Waals surface area contributed by atoms with Gasteiger partial charge in [0, 0.05) is 18.7 Å². The first-order valence-corrected chi connectivity index (χ1v) is 9.92. The van der Waals surface area contributed by atoms with Crippen LogP contribution in [0.3, 0.4) is 0 Å². The summed E-state index contributed by atoms with van der Waals surface area (Å²) in [6.45, 7) is 5.31. The van der Waals surface area contributed by atoms with Crippen molar-refractivity contribution in [3.63, 3.8) is 0 Å². The fraction of sp³-hybridized carbons (Fsp3) is 0.273. The van der Waals surface area contributed by atoms with Gasteiger partial charge < -0.3 is 19.5 Å². The lowest BCUT2D eigenvalue weighted by Crippen LogP contribution is -2.21. The van der Waals surface area contributed by atoms with E-state index in [0.717, 1.165) is 5.56 Å². The second kappa shape index (κ2) is 11.5. The molecule has 1 amide bonds. The molecule has 8 heteroatoms. The quantitative estimate of drug-likeness (QED) is 0.303. The van der Waals surface area contributed by atoms with Gasteiger partial charge in [0.05, 0.1) is 23.1 Å². The number of allylic oxidation sites excluding steroid dienone is 1. The number of benzene rings is 2. The Labute approximate surface area is 185 Å². The van der Waals surface area contributed by atoms with Crippen LogP contribution in [-0.4, -0.2) is 32.2 Å². The lowest BCUT2D eigenvalue weighted by Gasteiger charge is -2.17. The highest BCUT2D eigenvalue weighted by Gasteiger charge is 2.21. The van der Waals surface area contributed by atoms with Gasteiger partial charge in [-0.1, -0.05) is 35.3 Å². The van der Waals surface area contributed by atoms with Crippen molar-refractivity contribution >= 4 is 40.8 Å². The van der Waals surface area contributed by atoms with Gasteiger partial charge in [-0.15, -0.1) is 6.58 Å². The topological polar surface area (TPSA) is 73.9 Å². The van der Waals surface area contributed by atoms with Crippen LogP contribution in [-0.2, 0) is 14.3 Å². The van der Waals surface area contributed by atoms with E-state index in [4.69, 9.17) is 37.4 Å². The first-order valence-electron chi connectivity index (χ1n) is 9.16. The van der Waals surface area contributed by atoms with Gasteiger partial charge in [-0.3, -0.25) is 9.59 Å². The summed E-state index contributed by atoms with van der Waals surface area (Å²) in [7, 11) is 1.51. The Kier molecular flexibility index (Phi) is 9.02. The Morgan fingerprint density at radius 2 is 1.87 bits per heavy atom. The van der Waals surface area contributed by atoms with E-state index < -0.39 is 5.92 Å². The molecule has 2 aromatic rings. The highest BCUT2D eigenvalue weighted by molar-refractivity contribution is 6.42. The van der Waals surface area contributed by atoms with Crippen LogP contribution in [0.2, 0.25) is 10.0 Å². The molecule has 0 aliphatic heterocycles. The minimum atomic E-state index is -0.493. The standard InChI is InChI=1S/C22H23Cl2NO5/c1-4-5-17(15-6-8-18(23)19(24)12-15)22(27)25-16-7-9-20(28-3)21(13-16)30-11-10-29-14(2)26/h4,6-9,12-13,17H,1,5,10-11H2,2-3H3,(H,25,27). The number of ether oxygens (including phenoxy) is 3. The Morgan fingerprint density at radius 3 is 2.50 bits per heavy atom. The van der Waals surface area contributed by atoms with Gasteiger partial charge in [0.2, 0.25) is 5.91 Å². The SMILES string of the molecule is C=CCC(C(=O)Nc1ccc(OC)c(OCCOC(C)=O)c1)c1ccc(Cl)c(Cl)c1. The van der Waals surface area contributed by atoms with Crippen molar-refractivity contribution in [2.45, 2.75) is 19.3 Å². The van der Waals surface area contributed by atoms with Crippen molar-refractivity contribution in [3.05, 3.63) is 64.7 Å². The number of carbonyl (C=O) groups excluding carboxylic acids is 2. The van der Waals surface area contributed by atoms with Gasteiger partial charge in [0.25, 0.3) is 0 Å². The molecular weight excluding hydrogens is 429 g/mol. The third kappa shape index (κ3) is 6.68. The van der Waals surface area contributed by atoms with Crippen molar-refractivity contribution in [2.24, 2.45) is 0 Å². The van der Waals surface area contributed by atoms with Crippen molar-refractivity contribution < 1.29 is 23.8 Å². The van der Waals surface area contributed by atoms with Crippen molar-refractivity contribution in [1.29, 1.82) is 0 Å². The highest BCUT2D eigenvalue weighted by atomic mass is 35.5. The van der Waals surface area contributed by atoms with Gasteiger partial charge in [-0.05, 0) is 36.2 Å². The Hall–Kier alpha value is -2.70. The highest BCUT2D eigenvalue weighted by Crippen LogP contribution is 2.32. The monoisotopic (exact) mass is 451 g/mol. The summed E-state index contributed by atoms with van der Waals surface area (Å²) in [6, 6.07) is 10.1. The van der Waals surface area contributed by atoms with E-state index in [0.29, 0.717) is 33.7 Å². The lowest BCUT2D eigenvalue weighted by molar-refractivity contribution is -0.141. The first-order chi connectivity index (χ1) is 14.3. The van der Waals surface area contributed by atoms with Gasteiger partial charge in [0.15, 0.2) is 11.5 Å². The Balaban J connectivity index is 2.16. The van der Waals surface area contributed by atoms with Crippen LogP contribution in [0, 0.1) is 0 Å². The number of carbonyl (C=O) groups is 2. The average Bonchev–Trinajstić information content (AvgIpc) is 2.71. The largest absolute Gasteiger partial charge is 0.493 e. The number of methoxy groups -OCH3 is 1. The predicted octanol–water partition coefficient (Wildman–Crippen LogP) is 5.24. The maximum atomic E-state index is 12.9. The molecule has 0 saturated heterocycles. The number of halogens is 2. The summed E-state index contributed by atoms with van der Waals surface area (Å²) in [5, 5.41) is 3.67. The van der Waals surface area contributed by atoms with Crippen LogP contribution in [0.1, 0.15) is 24.8 Å². The van der Waals surface area contributed by atoms with E-state index in [-0.39, 0.29) is 25.1 Å². The Morgan fingerprint density at radius 1 is 1.10 bits per heavy atom. The van der Waals surface area contributed by atoms with Gasteiger partial charge >= 0.3 is 5.97 Å². The molecule has 0 aromatic heterocycles. The number of nitrogens with one attached hydrogen (secondary N) is 1. The van der Waals surface area contributed by atoms with Crippen LogP contribution in [0.25, 0.3) is 0 Å². The molecule has 0 radical (unpaired) electrons. The van der Waals surface area contributed by atoms with Crippen LogP contribution < -0.4 is 14.8 Å². The Bertz CT molecular complexity index is 916. The lowest BCUT2D eigenvalue weighted by atomic mass is 9.94. The number of esters is 1. The summed E-state index contributed by atoms with van der Waals surface area (Å²) >= 11 is 12.1. The second-order valence-electron chi connectivity index (χ2n) is 6.29. The molecule has 1 atom stereocenters. The predicted molar refractivity (Wildman–Crippen MR) is 118 cm³/mol. The number of amides is 1. The maximum Gasteiger partial charge on any atom is 0.302 e. The van der Waals surface area contributed by atoms with E-state index in [9.17, 15) is 9.59 Å². The summed E-state index contributed by atoms with van der Waals surface area (Å²) in [5.74, 6) is -0.209. The van der Waals surface area contributed by atoms with Crippen molar-refractivity contribution in [2.75, 3.05) is 25.6 Å². The molecular formula is C22H23Cl2NO5. The van der Waals surface area contributed by atoms with Crippen molar-refractivity contribution in [3.8, 4) is 11.5 Å². The van der Waals surface area contributed by atoms with E-state index in [1.54, 1.807) is 42.5 Å². The zero-order valence-electron chi connectivity index (χ0n) is 16.7.